The number of hydrogen-bond donors (Lipinski definition) is 1. The zero-order valence-corrected chi connectivity index (χ0v) is 22.0. The highest BCUT2D eigenvalue weighted by atomic mass is 16.6. The van der Waals surface area contributed by atoms with Crippen molar-refractivity contribution < 1.29 is 18.9 Å². The Bertz CT molecular complexity index is 910. The van der Waals surface area contributed by atoms with E-state index < -0.39 is 0 Å². The highest BCUT2D eigenvalue weighted by Crippen LogP contribution is 2.40. The number of epoxide rings is 1. The fraction of sp³-hybridized carbons (Fsp3) is 0.586. The molecule has 1 saturated heterocycles. The van der Waals surface area contributed by atoms with E-state index >= 15 is 0 Å². The van der Waals surface area contributed by atoms with Gasteiger partial charge in [-0.25, -0.2) is 0 Å². The largest absolute Gasteiger partial charge is 0.492 e. The van der Waals surface area contributed by atoms with Gasteiger partial charge in [-0.1, -0.05) is 71.4 Å². The van der Waals surface area contributed by atoms with Gasteiger partial charge in [-0.3, -0.25) is 0 Å². The minimum Gasteiger partial charge on any atom is -0.492 e. The van der Waals surface area contributed by atoms with Crippen LogP contribution in [0.25, 0.3) is 0 Å². The predicted molar refractivity (Wildman–Crippen MR) is 138 cm³/mol. The first-order valence-electron chi connectivity index (χ1n) is 12.3. The molecule has 0 spiro atoms. The predicted octanol–water partition coefficient (Wildman–Crippen LogP) is 5.62. The molecular formula is C29H43NO4. The molecule has 0 radical (unpaired) electrons. The monoisotopic (exact) mass is 469 g/mol. The fourth-order valence-corrected chi connectivity index (χ4v) is 4.29. The summed E-state index contributed by atoms with van der Waals surface area (Å²) in [6.07, 6.45) is 18.4. The first-order valence-corrected chi connectivity index (χ1v) is 12.3. The molecule has 5 heteroatoms. The van der Waals surface area contributed by atoms with Crippen LogP contribution in [0.2, 0.25) is 0 Å². The third-order valence-corrected chi connectivity index (χ3v) is 6.31. The van der Waals surface area contributed by atoms with Gasteiger partial charge in [0.1, 0.15) is 30.8 Å². The third kappa shape index (κ3) is 8.00. The molecule has 0 bridgehead atoms. The van der Waals surface area contributed by atoms with E-state index in [2.05, 4.69) is 78.0 Å². The molecule has 0 aromatic heterocycles. The van der Waals surface area contributed by atoms with Crippen LogP contribution >= 0.6 is 0 Å². The minimum atomic E-state index is -0.183. The minimum absolute atomic E-state index is 0.146. The highest BCUT2D eigenvalue weighted by Gasteiger charge is 2.29. The fourth-order valence-electron chi connectivity index (χ4n) is 4.29. The van der Waals surface area contributed by atoms with E-state index in [9.17, 15) is 0 Å². The number of rotatable bonds is 9. The summed E-state index contributed by atoms with van der Waals surface area (Å²) in [5, 5.41) is 0. The van der Waals surface area contributed by atoms with Crippen LogP contribution in [0.1, 0.15) is 48.0 Å². The van der Waals surface area contributed by atoms with Crippen LogP contribution in [0.15, 0.2) is 71.3 Å². The molecular weight excluding hydrogens is 426 g/mol. The summed E-state index contributed by atoms with van der Waals surface area (Å²) in [7, 11) is 1.69. The van der Waals surface area contributed by atoms with Crippen LogP contribution in [0.3, 0.4) is 0 Å². The molecule has 3 aliphatic rings. The number of nitrogens with two attached hydrogens (primary N) is 1. The zero-order valence-electron chi connectivity index (χ0n) is 22.0. The Hall–Kier alpha value is -2.08. The third-order valence-electron chi connectivity index (χ3n) is 6.31. The summed E-state index contributed by atoms with van der Waals surface area (Å²) in [4.78, 5) is 0. The van der Waals surface area contributed by atoms with Crippen LogP contribution < -0.4 is 5.73 Å². The number of methoxy groups -OCH3 is 1. The standard InChI is InChI=1S/C29H43NO4/c1-27(2)15-21(26(30)9-8-23(17-27)33-19-25-20-34-25)14-22-16-28(3,4)18-24(32-13-12-31-7)10-11-29(22,5)6/h8-11,15-18,25-26H,12-14,19-20,30H2,1-7H3/b9-8-,11-10-,21-15-,22-16-,23-17+,24-18+. The van der Waals surface area contributed by atoms with Crippen LogP contribution in [0.5, 0.6) is 0 Å². The topological polar surface area (TPSA) is 66.2 Å². The lowest BCUT2D eigenvalue weighted by molar-refractivity contribution is 0.113. The second-order valence-electron chi connectivity index (χ2n) is 11.3. The smallest absolute Gasteiger partial charge is 0.117 e. The molecule has 0 aromatic carbocycles. The van der Waals surface area contributed by atoms with Crippen molar-refractivity contribution in [2.24, 2.45) is 22.0 Å². The quantitative estimate of drug-likeness (QED) is 0.270. The summed E-state index contributed by atoms with van der Waals surface area (Å²) >= 11 is 0. The summed E-state index contributed by atoms with van der Waals surface area (Å²) in [5.41, 5.74) is 8.75. The van der Waals surface area contributed by atoms with Crippen molar-refractivity contribution in [2.75, 3.05) is 33.5 Å². The average Bonchev–Trinajstić information content (AvgIpc) is 3.55. The van der Waals surface area contributed by atoms with Gasteiger partial charge in [0.25, 0.3) is 0 Å². The van der Waals surface area contributed by atoms with Gasteiger partial charge in [-0.15, -0.1) is 0 Å². The van der Waals surface area contributed by atoms with E-state index in [-0.39, 0.29) is 28.4 Å². The van der Waals surface area contributed by atoms with E-state index in [1.54, 1.807) is 7.11 Å². The van der Waals surface area contributed by atoms with Crippen LogP contribution in [-0.4, -0.2) is 45.7 Å². The van der Waals surface area contributed by atoms with Crippen molar-refractivity contribution in [3.63, 3.8) is 0 Å². The maximum atomic E-state index is 6.68. The van der Waals surface area contributed by atoms with E-state index in [4.69, 9.17) is 24.7 Å². The molecule has 1 heterocycles. The SMILES string of the molecule is COCCOC1=C/C(C)(C)/C=C(/C/C2=C/C(C)(C)/C=C(OCC3CO3)\C=C/C2N)C(C)(C)/C=C\1. The normalized spacial score (nSPS) is 35.2. The molecule has 2 unspecified atom stereocenters. The van der Waals surface area contributed by atoms with Crippen molar-refractivity contribution in [1.29, 1.82) is 0 Å². The van der Waals surface area contributed by atoms with Gasteiger partial charge in [-0.05, 0) is 36.3 Å². The van der Waals surface area contributed by atoms with Gasteiger partial charge in [0.05, 0.1) is 13.2 Å². The second-order valence-corrected chi connectivity index (χ2v) is 11.3. The Balaban J connectivity index is 1.85. The van der Waals surface area contributed by atoms with Crippen LogP contribution in [-0.2, 0) is 18.9 Å². The molecule has 2 aliphatic carbocycles. The van der Waals surface area contributed by atoms with Gasteiger partial charge in [0.2, 0.25) is 0 Å². The van der Waals surface area contributed by atoms with Gasteiger partial charge in [-0.2, -0.15) is 0 Å². The molecule has 188 valence electrons. The van der Waals surface area contributed by atoms with Crippen LogP contribution in [0, 0.1) is 16.2 Å². The number of allylic oxidation sites excluding steroid dienone is 8. The van der Waals surface area contributed by atoms with E-state index in [0.717, 1.165) is 24.5 Å². The number of ether oxygens (including phenoxy) is 4. The van der Waals surface area contributed by atoms with Crippen molar-refractivity contribution in [3.05, 3.63) is 71.3 Å². The molecule has 5 nitrogen and oxygen atoms in total. The Kier molecular flexibility index (Phi) is 8.33. The van der Waals surface area contributed by atoms with Gasteiger partial charge in [0.15, 0.2) is 0 Å². The maximum absolute atomic E-state index is 6.68. The molecule has 0 saturated carbocycles. The van der Waals surface area contributed by atoms with Crippen molar-refractivity contribution in [2.45, 2.75) is 60.1 Å². The summed E-state index contributed by atoms with van der Waals surface area (Å²) in [6.45, 7) is 15.8. The van der Waals surface area contributed by atoms with E-state index in [1.807, 2.05) is 12.2 Å². The second kappa shape index (κ2) is 10.7. The Morgan fingerprint density at radius 1 is 0.912 bits per heavy atom. The van der Waals surface area contributed by atoms with Crippen molar-refractivity contribution >= 4 is 0 Å². The Morgan fingerprint density at radius 3 is 2.21 bits per heavy atom. The summed E-state index contributed by atoms with van der Waals surface area (Å²) in [5.74, 6) is 1.73. The average molecular weight is 470 g/mol. The molecule has 34 heavy (non-hydrogen) atoms. The van der Waals surface area contributed by atoms with Crippen molar-refractivity contribution in [3.8, 4) is 0 Å². The van der Waals surface area contributed by atoms with Gasteiger partial charge < -0.3 is 24.7 Å². The molecule has 0 amide bonds. The number of hydrogen-bond acceptors (Lipinski definition) is 5. The highest BCUT2D eigenvalue weighted by molar-refractivity contribution is 5.38. The lowest BCUT2D eigenvalue weighted by Crippen LogP contribution is -2.26. The zero-order chi connectivity index (χ0) is 25.0. The van der Waals surface area contributed by atoms with Crippen molar-refractivity contribution in [1.82, 2.24) is 0 Å². The Morgan fingerprint density at radius 2 is 1.56 bits per heavy atom. The van der Waals surface area contributed by atoms with Gasteiger partial charge in [0, 0.05) is 29.4 Å². The van der Waals surface area contributed by atoms with Gasteiger partial charge >= 0.3 is 0 Å². The van der Waals surface area contributed by atoms with E-state index in [0.29, 0.717) is 19.8 Å². The lowest BCUT2D eigenvalue weighted by atomic mass is 9.73. The first kappa shape index (κ1) is 26.5. The molecule has 2 N–H and O–H groups in total. The van der Waals surface area contributed by atoms with Crippen LogP contribution in [0.4, 0.5) is 0 Å². The molecule has 0 aromatic rings. The summed E-state index contributed by atoms with van der Waals surface area (Å²) in [6, 6.07) is -0.179. The maximum Gasteiger partial charge on any atom is 0.117 e. The first-order chi connectivity index (χ1) is 15.9. The molecule has 2 atom stereocenters. The Labute approximate surface area is 206 Å². The summed E-state index contributed by atoms with van der Waals surface area (Å²) < 4.78 is 22.3. The molecule has 1 fully saturated rings. The molecule has 1 aliphatic heterocycles. The lowest BCUT2D eigenvalue weighted by Gasteiger charge is -2.33. The molecule has 3 rings (SSSR count). The van der Waals surface area contributed by atoms with E-state index in [1.165, 1.54) is 11.1 Å².